The highest BCUT2D eigenvalue weighted by Crippen LogP contribution is 2.29. The number of nitrogens with two attached hydrogens (primary N) is 1. The second-order valence-electron chi connectivity index (χ2n) is 8.51. The van der Waals surface area contributed by atoms with Crippen molar-refractivity contribution in [1.82, 2.24) is 19.3 Å². The Labute approximate surface area is 189 Å². The summed E-state index contributed by atoms with van der Waals surface area (Å²) in [4.78, 5) is 9.22. The maximum Gasteiger partial charge on any atom is 0.211 e. The number of benzene rings is 1. The van der Waals surface area contributed by atoms with Gasteiger partial charge >= 0.3 is 0 Å². The van der Waals surface area contributed by atoms with Crippen molar-refractivity contribution in [3.05, 3.63) is 30.1 Å². The van der Waals surface area contributed by atoms with Crippen molar-refractivity contribution in [3.63, 3.8) is 0 Å². The summed E-state index contributed by atoms with van der Waals surface area (Å²) in [5, 5.41) is 0.985. The van der Waals surface area contributed by atoms with Gasteiger partial charge in [-0.1, -0.05) is 37.5 Å². The molecule has 1 saturated carbocycles. The highest BCUT2D eigenvalue weighted by Gasteiger charge is 2.21. The van der Waals surface area contributed by atoms with E-state index in [2.05, 4.69) is 14.3 Å². The molecular weight excluding hydrogens is 426 g/mol. The molecule has 3 N–H and O–H groups in total. The summed E-state index contributed by atoms with van der Waals surface area (Å²) in [7, 11) is -3.26. The van der Waals surface area contributed by atoms with Crippen LogP contribution in [-0.2, 0) is 27.9 Å². The minimum absolute atomic E-state index is 0.103. The molecule has 174 valence electrons. The molecule has 0 aliphatic heterocycles. The normalized spacial score (nSPS) is 15.7. The Morgan fingerprint density at radius 3 is 2.72 bits per heavy atom. The fourth-order valence-electron chi connectivity index (χ4n) is 4.54. The van der Waals surface area contributed by atoms with Gasteiger partial charge in [0.05, 0.1) is 16.8 Å². The Hall–Kier alpha value is -2.23. The molecule has 3 aromatic rings. The third-order valence-corrected chi connectivity index (χ3v) is 7.64. The van der Waals surface area contributed by atoms with Gasteiger partial charge in [-0.2, -0.15) is 0 Å². The third-order valence-electron chi connectivity index (χ3n) is 6.12. The average Bonchev–Trinajstić information content (AvgIpc) is 3.15. The van der Waals surface area contributed by atoms with Crippen molar-refractivity contribution in [2.75, 3.05) is 18.1 Å². The van der Waals surface area contributed by atoms with Crippen molar-refractivity contribution < 1.29 is 13.2 Å². The van der Waals surface area contributed by atoms with Gasteiger partial charge in [0.2, 0.25) is 10.0 Å². The maximum atomic E-state index is 12.5. The van der Waals surface area contributed by atoms with Crippen LogP contribution in [0.1, 0.15) is 57.7 Å². The average molecular weight is 460 g/mol. The molecule has 0 spiro atoms. The number of para-hydroxylation sites is 1. The van der Waals surface area contributed by atoms with Gasteiger partial charge in [-0.3, -0.25) is 0 Å². The number of aromatic nitrogens is 3. The van der Waals surface area contributed by atoms with E-state index in [9.17, 15) is 8.42 Å². The number of pyridine rings is 1. The van der Waals surface area contributed by atoms with Gasteiger partial charge in [0.1, 0.15) is 17.9 Å². The van der Waals surface area contributed by atoms with Crippen LogP contribution >= 0.6 is 0 Å². The fourth-order valence-corrected chi connectivity index (χ4v) is 5.99. The summed E-state index contributed by atoms with van der Waals surface area (Å²) in [6.45, 7) is 3.55. The first-order valence-corrected chi connectivity index (χ1v) is 13.2. The molecule has 1 aromatic carbocycles. The molecule has 1 fully saturated rings. The molecule has 0 amide bonds. The predicted octanol–water partition coefficient (Wildman–Crippen LogP) is 3.74. The zero-order valence-electron chi connectivity index (χ0n) is 18.7. The molecule has 1 aliphatic carbocycles. The van der Waals surface area contributed by atoms with Gasteiger partial charge in [0, 0.05) is 24.6 Å². The Kier molecular flexibility index (Phi) is 7.27. The lowest BCUT2D eigenvalue weighted by molar-refractivity contribution is 0.126. The zero-order valence-corrected chi connectivity index (χ0v) is 19.5. The van der Waals surface area contributed by atoms with Gasteiger partial charge in [-0.15, -0.1) is 0 Å². The van der Waals surface area contributed by atoms with E-state index in [1.165, 1.54) is 6.42 Å². The highest BCUT2D eigenvalue weighted by molar-refractivity contribution is 7.89. The molecule has 4 rings (SSSR count). The fraction of sp³-hybridized carbons (Fsp3) is 0.565. The molecule has 0 radical (unpaired) electrons. The Morgan fingerprint density at radius 2 is 1.94 bits per heavy atom. The molecule has 0 atom stereocenters. The van der Waals surface area contributed by atoms with Crippen LogP contribution in [0.4, 0.5) is 5.82 Å². The number of aryl methyl sites for hydroxylation is 1. The smallest absolute Gasteiger partial charge is 0.211 e. The Balaban J connectivity index is 1.51. The number of nitrogens with zero attached hydrogens (tertiary/aromatic N) is 3. The van der Waals surface area contributed by atoms with Gasteiger partial charge < -0.3 is 15.0 Å². The van der Waals surface area contributed by atoms with Crippen molar-refractivity contribution in [2.45, 2.75) is 71.1 Å². The molecule has 0 unspecified atom stereocenters. The molecule has 32 heavy (non-hydrogen) atoms. The number of sulfonamides is 1. The number of hydrogen-bond acceptors (Lipinski definition) is 6. The van der Waals surface area contributed by atoms with Crippen molar-refractivity contribution in [1.29, 1.82) is 0 Å². The first-order chi connectivity index (χ1) is 15.5. The van der Waals surface area contributed by atoms with E-state index in [1.54, 1.807) is 0 Å². The van der Waals surface area contributed by atoms with E-state index in [1.807, 2.05) is 31.2 Å². The number of anilines is 1. The molecule has 2 heterocycles. The lowest BCUT2D eigenvalue weighted by atomic mass is 9.96. The second kappa shape index (κ2) is 10.1. The number of fused-ring (bicyclic) bond motifs is 3. The van der Waals surface area contributed by atoms with E-state index >= 15 is 0 Å². The van der Waals surface area contributed by atoms with E-state index < -0.39 is 10.0 Å². The van der Waals surface area contributed by atoms with E-state index in [0.717, 1.165) is 47.9 Å². The number of rotatable bonds is 10. The number of ether oxygens (including phenoxy) is 1. The van der Waals surface area contributed by atoms with E-state index in [-0.39, 0.29) is 11.8 Å². The minimum Gasteiger partial charge on any atom is -0.382 e. The first kappa shape index (κ1) is 22.9. The summed E-state index contributed by atoms with van der Waals surface area (Å²) in [6.07, 6.45) is 6.61. The molecule has 8 nitrogen and oxygen atoms in total. The number of unbranched alkanes of at least 4 members (excludes halogenated alkanes) is 1. The van der Waals surface area contributed by atoms with Crippen molar-refractivity contribution in [2.24, 2.45) is 0 Å². The lowest BCUT2D eigenvalue weighted by Crippen LogP contribution is -2.37. The van der Waals surface area contributed by atoms with Gasteiger partial charge in [0.25, 0.3) is 0 Å². The summed E-state index contributed by atoms with van der Waals surface area (Å²) in [6, 6.07) is 7.97. The number of nitrogen functional groups attached to an aromatic ring is 1. The first-order valence-electron chi connectivity index (χ1n) is 11.6. The quantitative estimate of drug-likeness (QED) is 0.447. The van der Waals surface area contributed by atoms with Crippen LogP contribution in [-0.4, -0.2) is 41.4 Å². The van der Waals surface area contributed by atoms with Crippen LogP contribution < -0.4 is 10.5 Å². The van der Waals surface area contributed by atoms with Gasteiger partial charge in [-0.05, 0) is 38.7 Å². The molecule has 9 heteroatoms. The largest absolute Gasteiger partial charge is 0.382 e. The maximum absolute atomic E-state index is 12.5. The molecule has 0 bridgehead atoms. The summed E-state index contributed by atoms with van der Waals surface area (Å²) in [5.74, 6) is 1.32. The summed E-state index contributed by atoms with van der Waals surface area (Å²) < 4.78 is 35.7. The molecule has 0 saturated heterocycles. The third kappa shape index (κ3) is 5.22. The monoisotopic (exact) mass is 459 g/mol. The molecular formula is C23H33N5O3S. The standard InChI is InChI=1S/C23H33N5O3S/c1-2-31-16-20-26-21-22(18-12-6-7-13-19(18)25-23(21)24)28(20)14-8-9-15-32(29,30)27-17-10-4-3-5-11-17/h6-7,12-13,17,27H,2-5,8-11,14-16H2,1H3,(H2,24,25). The Morgan fingerprint density at radius 1 is 1.16 bits per heavy atom. The molecule has 1 aliphatic rings. The predicted molar refractivity (Wildman–Crippen MR) is 128 cm³/mol. The van der Waals surface area contributed by atoms with Crippen LogP contribution in [0.15, 0.2) is 24.3 Å². The zero-order chi connectivity index (χ0) is 22.6. The SMILES string of the molecule is CCOCc1nc2c(N)nc3ccccc3c2n1CCCCS(=O)(=O)NC1CCCCC1. The lowest BCUT2D eigenvalue weighted by Gasteiger charge is -2.22. The van der Waals surface area contributed by atoms with Crippen LogP contribution in [0, 0.1) is 0 Å². The van der Waals surface area contributed by atoms with Crippen LogP contribution in [0.3, 0.4) is 0 Å². The number of imidazole rings is 1. The molecule has 2 aromatic heterocycles. The van der Waals surface area contributed by atoms with Crippen LogP contribution in [0.5, 0.6) is 0 Å². The highest BCUT2D eigenvalue weighted by atomic mass is 32.2. The van der Waals surface area contributed by atoms with Gasteiger partial charge in [0.15, 0.2) is 5.82 Å². The Bertz CT molecular complexity index is 1170. The minimum atomic E-state index is -3.26. The van der Waals surface area contributed by atoms with Gasteiger partial charge in [-0.25, -0.2) is 23.1 Å². The summed E-state index contributed by atoms with van der Waals surface area (Å²) >= 11 is 0. The second-order valence-corrected chi connectivity index (χ2v) is 10.4. The van der Waals surface area contributed by atoms with Crippen LogP contribution in [0.25, 0.3) is 21.9 Å². The number of hydrogen-bond donors (Lipinski definition) is 2. The summed E-state index contributed by atoms with van der Waals surface area (Å²) in [5.41, 5.74) is 8.65. The topological polar surface area (TPSA) is 112 Å². The van der Waals surface area contributed by atoms with Crippen LogP contribution in [0.2, 0.25) is 0 Å². The van der Waals surface area contributed by atoms with E-state index in [4.69, 9.17) is 15.5 Å². The van der Waals surface area contributed by atoms with Crippen molar-refractivity contribution in [3.8, 4) is 0 Å². The van der Waals surface area contributed by atoms with E-state index in [0.29, 0.717) is 43.9 Å². The van der Waals surface area contributed by atoms with Crippen molar-refractivity contribution >= 4 is 37.8 Å². The number of nitrogens with one attached hydrogen (secondary N) is 1.